The van der Waals surface area contributed by atoms with E-state index in [4.69, 9.17) is 9.95 Å². The monoisotopic (exact) mass is 262 g/mol. The first-order chi connectivity index (χ1) is 5.84. The van der Waals surface area contributed by atoms with Crippen molar-refractivity contribution in [2.75, 3.05) is 5.75 Å². The van der Waals surface area contributed by atoms with Crippen LogP contribution >= 0.6 is 20.0 Å². The molecule has 0 saturated heterocycles. The van der Waals surface area contributed by atoms with Crippen molar-refractivity contribution in [3.63, 3.8) is 0 Å². The van der Waals surface area contributed by atoms with Crippen molar-refractivity contribution < 1.29 is 0 Å². The second-order valence-corrected chi connectivity index (χ2v) is 11.5. The molecule has 0 aromatic heterocycles. The van der Waals surface area contributed by atoms with Crippen LogP contribution in [0, 0.1) is 0 Å². The van der Waals surface area contributed by atoms with E-state index in [2.05, 4.69) is 31.2 Å². The third-order valence-electron chi connectivity index (χ3n) is 1.37. The molecule has 0 amide bonds. The van der Waals surface area contributed by atoms with Crippen LogP contribution in [0.3, 0.4) is 0 Å². The minimum atomic E-state index is -1.25. The van der Waals surface area contributed by atoms with Crippen LogP contribution < -0.4 is 4.35 Å². The summed E-state index contributed by atoms with van der Waals surface area (Å²) in [7, 11) is 8.23. The van der Waals surface area contributed by atoms with Gasteiger partial charge in [-0.3, -0.25) is 0 Å². The third-order valence-corrected chi connectivity index (χ3v) is 9.87. The average Bonchev–Trinajstić information content (AvgIpc) is 2.15. The summed E-state index contributed by atoms with van der Waals surface area (Å²) in [6.45, 7) is 2.19. The van der Waals surface area contributed by atoms with Gasteiger partial charge in [0.25, 0.3) is 0 Å². The maximum absolute atomic E-state index is 6.29. The van der Waals surface area contributed by atoms with Crippen molar-refractivity contribution in [1.82, 2.24) is 0 Å². The Labute approximate surface area is 86.1 Å². The molecule has 0 N–H and O–H groups in total. The molecule has 0 bridgehead atoms. The van der Waals surface area contributed by atoms with E-state index in [1.165, 1.54) is 16.5 Å². The van der Waals surface area contributed by atoms with Crippen molar-refractivity contribution in [2.24, 2.45) is 0 Å². The van der Waals surface area contributed by atoms with Crippen LogP contribution in [0.2, 0.25) is 0 Å². The average molecular weight is 263 g/mol. The van der Waals surface area contributed by atoms with E-state index in [1.807, 2.05) is 16.1 Å². The topological polar surface area (TPSA) is 0 Å². The Kier molecular flexibility index (Phi) is 5.22. The molecule has 0 aliphatic rings. The molecule has 1 aromatic carbocycles. The molecular weight excluding hydrogens is 251 g/mol. The second kappa shape index (κ2) is 5.96. The first kappa shape index (κ1) is 10.5. The molecule has 1 rings (SSSR count). The summed E-state index contributed by atoms with van der Waals surface area (Å²) in [4.78, 5) is 0. The fourth-order valence-corrected chi connectivity index (χ4v) is 7.53. The molecule has 0 aliphatic carbocycles. The van der Waals surface area contributed by atoms with E-state index >= 15 is 0 Å². The molecule has 0 nitrogen and oxygen atoms in total. The first-order valence-corrected chi connectivity index (χ1v) is 10.6. The molecule has 0 radical (unpaired) electrons. The van der Waals surface area contributed by atoms with Crippen molar-refractivity contribution in [3.05, 3.63) is 30.3 Å². The predicted octanol–water partition coefficient (Wildman–Crippen LogP) is 2.76. The predicted molar refractivity (Wildman–Crippen MR) is 60.4 cm³/mol. The van der Waals surface area contributed by atoms with Crippen LogP contribution in [-0.2, 0) is 0 Å². The van der Waals surface area contributed by atoms with Crippen LogP contribution in [-0.4, -0.2) is 18.3 Å². The van der Waals surface area contributed by atoms with Gasteiger partial charge in [0, 0.05) is 0 Å². The summed E-state index contributed by atoms with van der Waals surface area (Å²) >= 11 is -1.25. The number of hydrogen-bond acceptors (Lipinski definition) is 1. The maximum atomic E-state index is 6.29. The quantitative estimate of drug-likeness (QED) is 0.752. The number of hydrogen-bond donors (Lipinski definition) is 0. The Morgan fingerprint density at radius 1 is 1.33 bits per heavy atom. The van der Waals surface area contributed by atoms with Gasteiger partial charge in [0.15, 0.2) is 0 Å². The Balaban J connectivity index is 2.48. The number of rotatable bonds is 4. The second-order valence-electron chi connectivity index (χ2n) is 2.41. The molecule has 0 saturated carbocycles. The van der Waals surface area contributed by atoms with Crippen molar-refractivity contribution in [3.8, 4) is 0 Å². The van der Waals surface area contributed by atoms with Crippen LogP contribution in [0.4, 0.5) is 0 Å². The molecule has 3 heteroatoms. The van der Waals surface area contributed by atoms with Crippen molar-refractivity contribution in [1.29, 1.82) is 0 Å². The molecule has 0 spiro atoms. The Bertz CT molecular complexity index is 215. The van der Waals surface area contributed by atoms with Gasteiger partial charge >= 0.3 is 86.3 Å². The third kappa shape index (κ3) is 3.43. The van der Waals surface area contributed by atoms with E-state index in [1.54, 1.807) is 0 Å². The molecular formula is C9H12AsClS. The van der Waals surface area contributed by atoms with Crippen LogP contribution in [0.15, 0.2) is 30.3 Å². The van der Waals surface area contributed by atoms with Crippen molar-refractivity contribution in [2.45, 2.75) is 13.3 Å². The minimum absolute atomic E-state index is 1.19. The molecule has 1 aromatic rings. The van der Waals surface area contributed by atoms with Crippen LogP contribution in [0.5, 0.6) is 0 Å². The summed E-state index contributed by atoms with van der Waals surface area (Å²) < 4.78 is 1.35. The molecule has 0 aliphatic heterocycles. The van der Waals surface area contributed by atoms with E-state index < -0.39 is 12.6 Å². The van der Waals surface area contributed by atoms with Gasteiger partial charge in [0.1, 0.15) is 0 Å². The van der Waals surface area contributed by atoms with E-state index in [0.717, 1.165) is 0 Å². The van der Waals surface area contributed by atoms with Gasteiger partial charge < -0.3 is 0 Å². The fourth-order valence-electron chi connectivity index (χ4n) is 0.791. The van der Waals surface area contributed by atoms with Gasteiger partial charge in [-0.1, -0.05) is 0 Å². The zero-order valence-electron chi connectivity index (χ0n) is 7.03. The standard InChI is InChI=1S/C9H12AsClS/c1-2-8-12-10(11)9-6-4-3-5-7-9/h3-7H,2,8H2,1H3. The number of halogens is 1. The SMILES string of the molecule is CCCS[As](Cl)c1ccccc1. The first-order valence-electron chi connectivity index (χ1n) is 3.98. The zero-order chi connectivity index (χ0) is 8.81. The molecule has 1 atom stereocenters. The van der Waals surface area contributed by atoms with E-state index in [-0.39, 0.29) is 0 Å². The summed E-state index contributed by atoms with van der Waals surface area (Å²) in [6, 6.07) is 10.4. The zero-order valence-corrected chi connectivity index (χ0v) is 10.5. The van der Waals surface area contributed by atoms with Gasteiger partial charge in [-0.05, 0) is 0 Å². The summed E-state index contributed by atoms with van der Waals surface area (Å²) in [5.74, 6) is 1.19. The van der Waals surface area contributed by atoms with Gasteiger partial charge in [0.05, 0.1) is 0 Å². The fraction of sp³-hybridized carbons (Fsp3) is 0.333. The van der Waals surface area contributed by atoms with Gasteiger partial charge in [-0.2, -0.15) is 0 Å². The van der Waals surface area contributed by atoms with E-state index in [9.17, 15) is 0 Å². The van der Waals surface area contributed by atoms with E-state index in [0.29, 0.717) is 0 Å². The molecule has 1 unspecified atom stereocenters. The Hall–Kier alpha value is 0.418. The van der Waals surface area contributed by atoms with Crippen molar-refractivity contribution >= 4 is 36.9 Å². The summed E-state index contributed by atoms with van der Waals surface area (Å²) in [5.41, 5.74) is 0. The normalized spacial score (nSPS) is 12.8. The Morgan fingerprint density at radius 2 is 2.00 bits per heavy atom. The number of benzene rings is 1. The molecule has 0 fully saturated rings. The van der Waals surface area contributed by atoms with Gasteiger partial charge in [-0.25, -0.2) is 0 Å². The van der Waals surface area contributed by atoms with Crippen LogP contribution in [0.1, 0.15) is 13.3 Å². The van der Waals surface area contributed by atoms with Crippen LogP contribution in [0.25, 0.3) is 0 Å². The molecule has 12 heavy (non-hydrogen) atoms. The van der Waals surface area contributed by atoms with Gasteiger partial charge in [0.2, 0.25) is 0 Å². The summed E-state index contributed by atoms with van der Waals surface area (Å²) in [6.07, 6.45) is 1.22. The molecule has 0 heterocycles. The molecule has 66 valence electrons. The Morgan fingerprint density at radius 3 is 2.58 bits per heavy atom. The summed E-state index contributed by atoms with van der Waals surface area (Å²) in [5, 5.41) is 0. The van der Waals surface area contributed by atoms with Gasteiger partial charge in [-0.15, -0.1) is 0 Å².